The number of aliphatic hydroxyl groups excluding tert-OH is 1. The Morgan fingerprint density at radius 2 is 2.31 bits per heavy atom. The molecular weight excluding hydrogens is 182 g/mol. The topological polar surface area (TPSA) is 33.1 Å². The van der Waals surface area contributed by atoms with E-state index in [0.717, 1.165) is 22.7 Å². The molecule has 0 aromatic carbocycles. The molecule has 0 aliphatic carbocycles. The molecule has 0 amide bonds. The van der Waals surface area contributed by atoms with E-state index in [1.54, 1.807) is 17.5 Å². The minimum atomic E-state index is -0.318. The second-order valence-electron chi connectivity index (χ2n) is 3.55. The number of rotatable bonds is 4. The molecule has 0 radical (unpaired) electrons. The summed E-state index contributed by atoms with van der Waals surface area (Å²) in [5.74, 6) is 0.581. The predicted octanol–water partition coefficient (Wildman–Crippen LogP) is 2.92. The van der Waals surface area contributed by atoms with Gasteiger partial charge in [0.25, 0.3) is 0 Å². The lowest BCUT2D eigenvalue weighted by Gasteiger charge is -2.12. The van der Waals surface area contributed by atoms with Crippen LogP contribution in [0, 0.1) is 12.8 Å². The molecule has 1 heterocycles. The molecule has 0 aliphatic heterocycles. The Kier molecular flexibility index (Phi) is 3.88. The van der Waals surface area contributed by atoms with Crippen LogP contribution in [0.4, 0.5) is 0 Å². The summed E-state index contributed by atoms with van der Waals surface area (Å²) in [6, 6.07) is 0. The Hall–Kier alpha value is -0.410. The van der Waals surface area contributed by atoms with Gasteiger partial charge in [-0.15, -0.1) is 11.3 Å². The molecule has 0 spiro atoms. The van der Waals surface area contributed by atoms with E-state index in [4.69, 9.17) is 0 Å². The van der Waals surface area contributed by atoms with Crippen molar-refractivity contribution in [1.29, 1.82) is 0 Å². The molecule has 0 saturated heterocycles. The zero-order valence-corrected chi connectivity index (χ0v) is 9.27. The summed E-state index contributed by atoms with van der Waals surface area (Å²) in [6.45, 7) is 6.27. The van der Waals surface area contributed by atoms with E-state index in [1.165, 1.54) is 0 Å². The minimum absolute atomic E-state index is 0.318. The predicted molar refractivity (Wildman–Crippen MR) is 55.9 cm³/mol. The van der Waals surface area contributed by atoms with Gasteiger partial charge in [-0.1, -0.05) is 20.3 Å². The van der Waals surface area contributed by atoms with Crippen LogP contribution in [-0.2, 0) is 0 Å². The number of aryl methyl sites for hydroxylation is 1. The van der Waals surface area contributed by atoms with Gasteiger partial charge in [0.15, 0.2) is 0 Å². The van der Waals surface area contributed by atoms with Crippen LogP contribution >= 0.6 is 11.3 Å². The largest absolute Gasteiger partial charge is 0.388 e. The average molecular weight is 199 g/mol. The summed E-state index contributed by atoms with van der Waals surface area (Å²) >= 11 is 1.59. The monoisotopic (exact) mass is 199 g/mol. The number of aromatic nitrogens is 1. The number of nitrogens with zero attached hydrogens (tertiary/aromatic N) is 1. The fourth-order valence-electron chi connectivity index (χ4n) is 1.20. The molecule has 0 fully saturated rings. The second kappa shape index (κ2) is 4.72. The van der Waals surface area contributed by atoms with Gasteiger partial charge in [-0.05, 0) is 19.3 Å². The fourth-order valence-corrected chi connectivity index (χ4v) is 1.98. The van der Waals surface area contributed by atoms with Gasteiger partial charge in [-0.2, -0.15) is 0 Å². The highest BCUT2D eigenvalue weighted by Crippen LogP contribution is 2.26. The zero-order valence-electron chi connectivity index (χ0n) is 8.45. The Balaban J connectivity index is 2.53. The van der Waals surface area contributed by atoms with Gasteiger partial charge in [0.05, 0.1) is 16.0 Å². The van der Waals surface area contributed by atoms with E-state index in [1.807, 2.05) is 6.92 Å². The quantitative estimate of drug-likeness (QED) is 0.808. The first kappa shape index (κ1) is 10.7. The van der Waals surface area contributed by atoms with Crippen molar-refractivity contribution in [3.63, 3.8) is 0 Å². The molecule has 1 aromatic rings. The third kappa shape index (κ3) is 3.08. The lowest BCUT2D eigenvalue weighted by Crippen LogP contribution is -2.01. The maximum atomic E-state index is 9.81. The molecule has 1 rings (SSSR count). The highest BCUT2D eigenvalue weighted by Gasteiger charge is 2.13. The first-order chi connectivity index (χ1) is 6.13. The van der Waals surface area contributed by atoms with E-state index in [0.29, 0.717) is 5.92 Å². The summed E-state index contributed by atoms with van der Waals surface area (Å²) in [4.78, 5) is 5.13. The van der Waals surface area contributed by atoms with Crippen LogP contribution in [0.15, 0.2) is 6.20 Å². The number of hydrogen-bond acceptors (Lipinski definition) is 3. The number of thiazole rings is 1. The van der Waals surface area contributed by atoms with Crippen molar-refractivity contribution in [2.75, 3.05) is 0 Å². The lowest BCUT2D eigenvalue weighted by molar-refractivity contribution is 0.150. The maximum Gasteiger partial charge on any atom is 0.0900 e. The van der Waals surface area contributed by atoms with Gasteiger partial charge in [0.1, 0.15) is 0 Å². The number of hydrogen-bond donors (Lipinski definition) is 1. The standard InChI is InChI=1S/C10H17NOS/c1-4-7(2)5-9(12)10-6-11-8(3)13-10/h6-7,9,12H,4-5H2,1-3H3. The molecule has 2 unspecified atom stereocenters. The van der Waals surface area contributed by atoms with Crippen molar-refractivity contribution in [3.8, 4) is 0 Å². The summed E-state index contributed by atoms with van der Waals surface area (Å²) in [7, 11) is 0. The molecular formula is C10H17NOS. The fraction of sp³-hybridized carbons (Fsp3) is 0.700. The summed E-state index contributed by atoms with van der Waals surface area (Å²) in [6.07, 6.45) is 3.43. The molecule has 0 bridgehead atoms. The third-order valence-electron chi connectivity index (χ3n) is 2.29. The molecule has 3 heteroatoms. The smallest absolute Gasteiger partial charge is 0.0900 e. The maximum absolute atomic E-state index is 9.81. The Bertz CT molecular complexity index is 259. The summed E-state index contributed by atoms with van der Waals surface area (Å²) < 4.78 is 0. The van der Waals surface area contributed by atoms with Crippen molar-refractivity contribution in [2.24, 2.45) is 5.92 Å². The van der Waals surface area contributed by atoms with Gasteiger partial charge in [0.2, 0.25) is 0 Å². The molecule has 1 N–H and O–H groups in total. The van der Waals surface area contributed by atoms with Crippen LogP contribution in [0.5, 0.6) is 0 Å². The van der Waals surface area contributed by atoms with Gasteiger partial charge >= 0.3 is 0 Å². The highest BCUT2D eigenvalue weighted by atomic mass is 32.1. The molecule has 2 nitrogen and oxygen atoms in total. The first-order valence-corrected chi connectivity index (χ1v) is 5.55. The Morgan fingerprint density at radius 3 is 2.77 bits per heavy atom. The Morgan fingerprint density at radius 1 is 1.62 bits per heavy atom. The van der Waals surface area contributed by atoms with Crippen molar-refractivity contribution in [1.82, 2.24) is 4.98 Å². The summed E-state index contributed by atoms with van der Waals surface area (Å²) in [5.41, 5.74) is 0. The van der Waals surface area contributed by atoms with E-state index >= 15 is 0 Å². The van der Waals surface area contributed by atoms with Crippen LogP contribution in [0.1, 0.15) is 42.7 Å². The van der Waals surface area contributed by atoms with E-state index < -0.39 is 0 Å². The van der Waals surface area contributed by atoms with Crippen LogP contribution in [0.2, 0.25) is 0 Å². The third-order valence-corrected chi connectivity index (χ3v) is 3.30. The van der Waals surface area contributed by atoms with Crippen LogP contribution in [0.3, 0.4) is 0 Å². The first-order valence-electron chi connectivity index (χ1n) is 4.73. The lowest BCUT2D eigenvalue weighted by atomic mass is 10.0. The Labute approximate surface area is 83.6 Å². The normalized spacial score (nSPS) is 15.7. The molecule has 74 valence electrons. The number of aliphatic hydroxyl groups is 1. The van der Waals surface area contributed by atoms with Crippen LogP contribution in [0.25, 0.3) is 0 Å². The molecule has 1 aromatic heterocycles. The minimum Gasteiger partial charge on any atom is -0.388 e. The molecule has 0 saturated carbocycles. The van der Waals surface area contributed by atoms with Crippen molar-refractivity contribution in [2.45, 2.75) is 39.7 Å². The van der Waals surface area contributed by atoms with E-state index in [9.17, 15) is 5.11 Å². The molecule has 13 heavy (non-hydrogen) atoms. The molecule has 2 atom stereocenters. The van der Waals surface area contributed by atoms with E-state index in [-0.39, 0.29) is 6.10 Å². The van der Waals surface area contributed by atoms with Crippen LogP contribution in [-0.4, -0.2) is 10.1 Å². The van der Waals surface area contributed by atoms with Crippen molar-refractivity contribution >= 4 is 11.3 Å². The van der Waals surface area contributed by atoms with Crippen molar-refractivity contribution in [3.05, 3.63) is 16.1 Å². The zero-order chi connectivity index (χ0) is 9.84. The van der Waals surface area contributed by atoms with Gasteiger partial charge in [-0.25, -0.2) is 4.98 Å². The van der Waals surface area contributed by atoms with Gasteiger partial charge in [0, 0.05) is 6.20 Å². The van der Waals surface area contributed by atoms with Crippen molar-refractivity contribution < 1.29 is 5.11 Å². The van der Waals surface area contributed by atoms with E-state index in [2.05, 4.69) is 18.8 Å². The molecule has 0 aliphatic rings. The highest BCUT2D eigenvalue weighted by molar-refractivity contribution is 7.11. The van der Waals surface area contributed by atoms with Crippen LogP contribution < -0.4 is 0 Å². The van der Waals surface area contributed by atoms with Gasteiger partial charge in [-0.3, -0.25) is 0 Å². The second-order valence-corrected chi connectivity index (χ2v) is 4.81. The van der Waals surface area contributed by atoms with Gasteiger partial charge < -0.3 is 5.11 Å². The summed E-state index contributed by atoms with van der Waals surface area (Å²) in [5, 5.41) is 10.8. The SMILES string of the molecule is CCC(C)CC(O)c1cnc(C)s1. The average Bonchev–Trinajstić information content (AvgIpc) is 2.51.